The number of benzene rings is 1. The molecule has 2 nitrogen and oxygen atoms in total. The number of nitrogens with zero attached hydrogens (tertiary/aromatic N) is 1. The molecule has 2 heteroatoms. The van der Waals surface area contributed by atoms with Gasteiger partial charge in [-0.15, -0.1) is 0 Å². The molecule has 4 aliphatic carbocycles. The number of hydrogen-bond acceptors (Lipinski definition) is 2. The summed E-state index contributed by atoms with van der Waals surface area (Å²) in [5, 5.41) is 0. The van der Waals surface area contributed by atoms with Crippen molar-refractivity contribution in [3.8, 4) is 5.75 Å². The first-order valence-electron chi connectivity index (χ1n) is 8.76. The maximum absolute atomic E-state index is 6.62. The van der Waals surface area contributed by atoms with E-state index in [-0.39, 0.29) is 0 Å². The van der Waals surface area contributed by atoms with E-state index in [4.69, 9.17) is 4.74 Å². The van der Waals surface area contributed by atoms with Gasteiger partial charge in [0, 0.05) is 17.0 Å². The van der Waals surface area contributed by atoms with Gasteiger partial charge < -0.3 is 9.64 Å². The Kier molecular flexibility index (Phi) is 1.82. The molecule has 2 spiro atoms. The van der Waals surface area contributed by atoms with Crippen LogP contribution < -0.4 is 4.74 Å². The Morgan fingerprint density at radius 3 is 2.90 bits per heavy atom. The fourth-order valence-corrected chi connectivity index (χ4v) is 7.30. The number of ether oxygens (including phenoxy) is 1. The highest BCUT2D eigenvalue weighted by molar-refractivity contribution is 5.57. The van der Waals surface area contributed by atoms with Crippen molar-refractivity contribution >= 4 is 0 Å². The molecule has 4 fully saturated rings. The highest BCUT2D eigenvalue weighted by Gasteiger charge is 2.73. The zero-order valence-electron chi connectivity index (χ0n) is 12.8. The van der Waals surface area contributed by atoms with Crippen molar-refractivity contribution in [2.45, 2.75) is 56.1 Å². The molecule has 21 heavy (non-hydrogen) atoms. The Morgan fingerprint density at radius 2 is 2.05 bits per heavy atom. The number of likely N-dealkylation sites (N-methyl/N-ethyl adjacent to an activating group) is 1. The van der Waals surface area contributed by atoms with Gasteiger partial charge in [-0.05, 0) is 75.1 Å². The Hall–Kier alpha value is -1.02. The molecule has 6 aliphatic rings. The van der Waals surface area contributed by atoms with E-state index in [9.17, 15) is 0 Å². The first-order chi connectivity index (χ1) is 10.3. The van der Waals surface area contributed by atoms with Crippen molar-refractivity contribution in [2.75, 3.05) is 13.6 Å². The van der Waals surface area contributed by atoms with Crippen molar-refractivity contribution in [1.29, 1.82) is 0 Å². The van der Waals surface area contributed by atoms with Gasteiger partial charge in [-0.1, -0.05) is 12.1 Å². The van der Waals surface area contributed by atoms with Crippen LogP contribution in [0.15, 0.2) is 18.2 Å². The van der Waals surface area contributed by atoms with Crippen LogP contribution in [0.3, 0.4) is 0 Å². The lowest BCUT2D eigenvalue weighted by Gasteiger charge is -2.69. The summed E-state index contributed by atoms with van der Waals surface area (Å²) in [7, 11) is 2.37. The van der Waals surface area contributed by atoms with E-state index in [1.54, 1.807) is 11.1 Å². The largest absolute Gasteiger partial charge is 0.489 e. The average molecular weight is 281 g/mol. The van der Waals surface area contributed by atoms with E-state index in [1.807, 2.05) is 0 Å². The van der Waals surface area contributed by atoms with Gasteiger partial charge >= 0.3 is 0 Å². The zero-order valence-corrected chi connectivity index (χ0v) is 12.8. The van der Waals surface area contributed by atoms with Gasteiger partial charge in [-0.25, -0.2) is 0 Å². The van der Waals surface area contributed by atoms with E-state index >= 15 is 0 Å². The molecule has 3 saturated carbocycles. The van der Waals surface area contributed by atoms with E-state index < -0.39 is 0 Å². The van der Waals surface area contributed by atoms with Crippen LogP contribution in [0, 0.1) is 11.3 Å². The summed E-state index contributed by atoms with van der Waals surface area (Å²) >= 11 is 0. The van der Waals surface area contributed by atoms with Gasteiger partial charge in [0.05, 0.1) is 0 Å². The maximum atomic E-state index is 6.62. The molecule has 1 saturated heterocycles. The summed E-state index contributed by atoms with van der Waals surface area (Å²) in [4.78, 5) is 2.68. The van der Waals surface area contributed by atoms with Gasteiger partial charge in [-0.2, -0.15) is 0 Å². The minimum Gasteiger partial charge on any atom is -0.489 e. The van der Waals surface area contributed by atoms with Crippen molar-refractivity contribution in [1.82, 2.24) is 4.90 Å². The fraction of sp³-hybridized carbons (Fsp3) is 0.684. The van der Waals surface area contributed by atoms with Crippen LogP contribution in [0.4, 0.5) is 0 Å². The van der Waals surface area contributed by atoms with E-state index in [2.05, 4.69) is 30.1 Å². The molecule has 0 N–H and O–H groups in total. The Bertz CT molecular complexity index is 645. The summed E-state index contributed by atoms with van der Waals surface area (Å²) in [5.74, 6) is 2.06. The maximum Gasteiger partial charge on any atom is 0.123 e. The van der Waals surface area contributed by atoms with Gasteiger partial charge in [0.25, 0.3) is 0 Å². The zero-order chi connectivity index (χ0) is 13.8. The average Bonchev–Trinajstić information content (AvgIpc) is 2.87. The molecule has 1 unspecified atom stereocenters. The molecule has 4 bridgehead atoms. The third-order valence-corrected chi connectivity index (χ3v) is 7.98. The first-order valence-corrected chi connectivity index (χ1v) is 8.76. The molecule has 2 aliphatic heterocycles. The summed E-state index contributed by atoms with van der Waals surface area (Å²) < 4.78 is 6.62. The highest BCUT2D eigenvalue weighted by atomic mass is 16.5. The third kappa shape index (κ3) is 1.000. The van der Waals surface area contributed by atoms with E-state index in [0.29, 0.717) is 16.9 Å². The minimum absolute atomic E-state index is 0.371. The second-order valence-electron chi connectivity index (χ2n) is 8.24. The Balaban J connectivity index is 1.73. The van der Waals surface area contributed by atoms with Gasteiger partial charge in [-0.3, -0.25) is 0 Å². The van der Waals surface area contributed by atoms with Crippen LogP contribution in [-0.2, 0) is 11.8 Å². The predicted molar refractivity (Wildman–Crippen MR) is 81.7 cm³/mol. The molecule has 1 aromatic carbocycles. The highest BCUT2D eigenvalue weighted by Crippen LogP contribution is 2.73. The minimum atomic E-state index is 0.371. The quantitative estimate of drug-likeness (QED) is 0.724. The first kappa shape index (κ1) is 11.5. The molecule has 2 heterocycles. The summed E-state index contributed by atoms with van der Waals surface area (Å²) in [6, 6.07) is 7.60. The lowest BCUT2D eigenvalue weighted by atomic mass is 9.38. The number of hydrogen-bond donors (Lipinski definition) is 0. The molecule has 110 valence electrons. The Labute approximate surface area is 126 Å². The summed E-state index contributed by atoms with van der Waals surface area (Å²) in [5.41, 5.74) is 4.14. The van der Waals surface area contributed by atoms with Crippen molar-refractivity contribution < 1.29 is 4.74 Å². The van der Waals surface area contributed by atoms with Crippen molar-refractivity contribution in [3.05, 3.63) is 29.3 Å². The smallest absolute Gasteiger partial charge is 0.123 e. The third-order valence-electron chi connectivity index (χ3n) is 7.98. The molecular formula is C19H23NO. The van der Waals surface area contributed by atoms with Crippen molar-refractivity contribution in [3.63, 3.8) is 0 Å². The number of piperidine rings is 1. The summed E-state index contributed by atoms with van der Waals surface area (Å²) in [6.45, 7) is 1.26. The molecule has 7 rings (SSSR count). The standard InChI is InChI=1S/C19H23NO/c1-20-10-9-19-16-13-3-2-4-14(16)21-17(19)12-5-7-18(19,8-6-12)15(20)11-13/h2-4,12,15,17H,5-11H2,1H3/t12-,15-,17?,18+,19+/m1/s1. The molecule has 3 atom stereocenters. The number of fused-ring (bicyclic) bond motifs is 2. The fourth-order valence-electron chi connectivity index (χ4n) is 7.30. The van der Waals surface area contributed by atoms with Gasteiger partial charge in [0.15, 0.2) is 0 Å². The molecule has 0 radical (unpaired) electrons. The van der Waals surface area contributed by atoms with Crippen LogP contribution in [-0.4, -0.2) is 30.6 Å². The monoisotopic (exact) mass is 281 g/mol. The van der Waals surface area contributed by atoms with E-state index in [1.165, 1.54) is 50.8 Å². The summed E-state index contributed by atoms with van der Waals surface area (Å²) in [6.07, 6.45) is 8.77. The van der Waals surface area contributed by atoms with Crippen LogP contribution in [0.25, 0.3) is 0 Å². The van der Waals surface area contributed by atoms with Gasteiger partial charge in [0.2, 0.25) is 0 Å². The molecule has 0 amide bonds. The Morgan fingerprint density at radius 1 is 1.19 bits per heavy atom. The lowest BCUT2D eigenvalue weighted by molar-refractivity contribution is -0.174. The van der Waals surface area contributed by atoms with E-state index in [0.717, 1.165) is 12.0 Å². The normalized spacial score (nSPS) is 48.9. The topological polar surface area (TPSA) is 12.5 Å². The molecule has 0 aromatic heterocycles. The second-order valence-corrected chi connectivity index (χ2v) is 8.24. The molecule has 1 aromatic rings. The predicted octanol–water partition coefficient (Wildman–Crippen LogP) is 3.14. The van der Waals surface area contributed by atoms with Crippen LogP contribution >= 0.6 is 0 Å². The lowest BCUT2D eigenvalue weighted by Crippen LogP contribution is -2.73. The number of rotatable bonds is 0. The van der Waals surface area contributed by atoms with Crippen LogP contribution in [0.1, 0.15) is 43.2 Å². The van der Waals surface area contributed by atoms with Gasteiger partial charge in [0.1, 0.15) is 11.9 Å². The number of likely N-dealkylation sites (tertiary alicyclic amines) is 1. The van der Waals surface area contributed by atoms with Crippen LogP contribution in [0.5, 0.6) is 5.75 Å². The van der Waals surface area contributed by atoms with Crippen molar-refractivity contribution in [2.24, 2.45) is 11.3 Å². The SMILES string of the molecule is CN1CC[C@]23c4c5cccc4OC2[C@H]2CC[C@@]3(CC2)[C@H]1C5. The van der Waals surface area contributed by atoms with Crippen LogP contribution in [0.2, 0.25) is 0 Å². The molecular weight excluding hydrogens is 258 g/mol. The second kappa shape index (κ2) is 3.32.